The molecule has 0 bridgehead atoms. The molecule has 2 aromatic carbocycles. The van der Waals surface area contributed by atoms with Gasteiger partial charge in [0, 0.05) is 22.7 Å². The van der Waals surface area contributed by atoms with Gasteiger partial charge in [-0.15, -0.1) is 11.8 Å². The first kappa shape index (κ1) is 13.1. The monoisotopic (exact) mass is 279 g/mol. The molecule has 0 heterocycles. The lowest BCUT2D eigenvalue weighted by Gasteiger charge is -2.11. The van der Waals surface area contributed by atoms with Gasteiger partial charge in [0.05, 0.1) is 5.02 Å². The summed E-state index contributed by atoms with van der Waals surface area (Å²) in [5.74, 6) is 0.147. The molecule has 2 nitrogen and oxygen atoms in total. The number of thioether (sulfide) groups is 1. The number of para-hydroxylation sites is 2. The average Bonchev–Trinajstić information content (AvgIpc) is 2.41. The van der Waals surface area contributed by atoms with Crippen LogP contribution in [0, 0.1) is 0 Å². The van der Waals surface area contributed by atoms with Crippen molar-refractivity contribution in [3.8, 4) is 5.75 Å². The first-order valence-electron chi connectivity index (χ1n) is 5.55. The van der Waals surface area contributed by atoms with Crippen LogP contribution >= 0.6 is 23.4 Å². The molecule has 2 aromatic rings. The zero-order valence-electron chi connectivity index (χ0n) is 9.98. The van der Waals surface area contributed by atoms with Crippen LogP contribution in [-0.4, -0.2) is 11.4 Å². The third kappa shape index (κ3) is 2.92. The van der Waals surface area contributed by atoms with E-state index in [9.17, 15) is 5.11 Å². The van der Waals surface area contributed by atoms with Gasteiger partial charge in [-0.25, -0.2) is 0 Å². The molecule has 0 saturated heterocycles. The average molecular weight is 280 g/mol. The van der Waals surface area contributed by atoms with E-state index in [1.807, 2.05) is 36.6 Å². The van der Waals surface area contributed by atoms with Gasteiger partial charge >= 0.3 is 0 Å². The molecule has 0 spiro atoms. The molecule has 0 saturated carbocycles. The van der Waals surface area contributed by atoms with Crippen molar-refractivity contribution in [3.63, 3.8) is 0 Å². The predicted molar refractivity (Wildman–Crippen MR) is 78.7 cm³/mol. The number of hydrogen-bond donors (Lipinski definition) is 2. The summed E-state index contributed by atoms with van der Waals surface area (Å²) in [5, 5.41) is 13.5. The van der Waals surface area contributed by atoms with Crippen LogP contribution in [0.3, 0.4) is 0 Å². The summed E-state index contributed by atoms with van der Waals surface area (Å²) >= 11 is 7.56. The number of nitrogens with one attached hydrogen (secondary N) is 1. The molecule has 4 heteroatoms. The van der Waals surface area contributed by atoms with Crippen molar-refractivity contribution in [2.75, 3.05) is 11.6 Å². The fourth-order valence-corrected chi connectivity index (χ4v) is 2.45. The topological polar surface area (TPSA) is 32.3 Å². The van der Waals surface area contributed by atoms with E-state index in [1.54, 1.807) is 17.8 Å². The van der Waals surface area contributed by atoms with Gasteiger partial charge in [-0.05, 0) is 24.5 Å². The summed E-state index contributed by atoms with van der Waals surface area (Å²) in [6.45, 7) is 0.546. The van der Waals surface area contributed by atoms with Crippen LogP contribution in [-0.2, 0) is 6.54 Å². The van der Waals surface area contributed by atoms with Gasteiger partial charge in [0.25, 0.3) is 0 Å². The lowest BCUT2D eigenvalue weighted by atomic mass is 10.2. The fourth-order valence-electron chi connectivity index (χ4n) is 1.68. The van der Waals surface area contributed by atoms with Crippen molar-refractivity contribution < 1.29 is 5.11 Å². The Morgan fingerprint density at radius 2 is 1.94 bits per heavy atom. The van der Waals surface area contributed by atoms with Crippen LogP contribution in [0.5, 0.6) is 5.75 Å². The Labute approximate surface area is 116 Å². The second kappa shape index (κ2) is 6.03. The zero-order valence-corrected chi connectivity index (χ0v) is 11.6. The molecule has 0 aliphatic carbocycles. The quantitative estimate of drug-likeness (QED) is 0.815. The number of halogens is 1. The van der Waals surface area contributed by atoms with Crippen LogP contribution in [0.2, 0.25) is 5.02 Å². The maximum Gasteiger partial charge on any atom is 0.139 e. The second-order valence-electron chi connectivity index (χ2n) is 3.80. The Morgan fingerprint density at radius 3 is 2.72 bits per heavy atom. The van der Waals surface area contributed by atoms with Gasteiger partial charge < -0.3 is 10.4 Å². The molecule has 2 N–H and O–H groups in total. The van der Waals surface area contributed by atoms with E-state index in [1.165, 1.54) is 4.90 Å². The Morgan fingerprint density at radius 1 is 1.17 bits per heavy atom. The molecule has 0 aromatic heterocycles. The van der Waals surface area contributed by atoms with Gasteiger partial charge in [-0.3, -0.25) is 0 Å². The Kier molecular flexibility index (Phi) is 4.39. The number of hydrogen-bond acceptors (Lipinski definition) is 3. The predicted octanol–water partition coefficient (Wildman–Crippen LogP) is 4.38. The van der Waals surface area contributed by atoms with E-state index in [2.05, 4.69) is 11.4 Å². The lowest BCUT2D eigenvalue weighted by Crippen LogP contribution is -2.00. The minimum Gasteiger partial charge on any atom is -0.506 e. The number of anilines is 1. The molecule has 2 rings (SSSR count). The molecular formula is C14H14ClNOS. The maximum atomic E-state index is 9.82. The number of phenols is 1. The smallest absolute Gasteiger partial charge is 0.139 e. The third-order valence-electron chi connectivity index (χ3n) is 2.65. The normalized spacial score (nSPS) is 10.3. The standard InChI is InChI=1S/C14H14ClNOS/c1-18-13-8-3-2-7-12(13)16-9-10-5-4-6-11(15)14(10)17/h2-8,16-17H,9H2,1H3. The van der Waals surface area contributed by atoms with Crippen molar-refractivity contribution in [2.24, 2.45) is 0 Å². The zero-order chi connectivity index (χ0) is 13.0. The van der Waals surface area contributed by atoms with Gasteiger partial charge in [-0.2, -0.15) is 0 Å². The van der Waals surface area contributed by atoms with Crippen LogP contribution in [0.25, 0.3) is 0 Å². The highest BCUT2D eigenvalue weighted by molar-refractivity contribution is 7.98. The van der Waals surface area contributed by atoms with Gasteiger partial charge in [0.2, 0.25) is 0 Å². The molecule has 0 aliphatic rings. The SMILES string of the molecule is CSc1ccccc1NCc1cccc(Cl)c1O. The van der Waals surface area contributed by atoms with Crippen LogP contribution in [0.1, 0.15) is 5.56 Å². The summed E-state index contributed by atoms with van der Waals surface area (Å²) in [7, 11) is 0. The fraction of sp³-hybridized carbons (Fsp3) is 0.143. The van der Waals surface area contributed by atoms with Gasteiger partial charge in [0.1, 0.15) is 5.75 Å². The van der Waals surface area contributed by atoms with Crippen molar-refractivity contribution in [1.29, 1.82) is 0 Å². The Balaban J connectivity index is 2.14. The van der Waals surface area contributed by atoms with Crippen LogP contribution < -0.4 is 5.32 Å². The lowest BCUT2D eigenvalue weighted by molar-refractivity contribution is 0.469. The summed E-state index contributed by atoms with van der Waals surface area (Å²) in [6, 6.07) is 13.4. The van der Waals surface area contributed by atoms with E-state index in [4.69, 9.17) is 11.6 Å². The highest BCUT2D eigenvalue weighted by Gasteiger charge is 2.05. The minimum atomic E-state index is 0.147. The first-order valence-corrected chi connectivity index (χ1v) is 7.16. The first-order chi connectivity index (χ1) is 8.72. The van der Waals surface area contributed by atoms with E-state index < -0.39 is 0 Å². The summed E-state index contributed by atoms with van der Waals surface area (Å²) in [5.41, 5.74) is 1.85. The van der Waals surface area contributed by atoms with E-state index in [-0.39, 0.29) is 5.75 Å². The molecular weight excluding hydrogens is 266 g/mol. The molecule has 0 unspecified atom stereocenters. The molecule has 0 aliphatic heterocycles. The van der Waals surface area contributed by atoms with Gasteiger partial charge in [-0.1, -0.05) is 35.9 Å². The van der Waals surface area contributed by atoms with Crippen molar-refractivity contribution in [3.05, 3.63) is 53.1 Å². The molecule has 18 heavy (non-hydrogen) atoms. The Bertz CT molecular complexity index is 545. The van der Waals surface area contributed by atoms with Crippen molar-refractivity contribution in [2.45, 2.75) is 11.4 Å². The van der Waals surface area contributed by atoms with Crippen LogP contribution in [0.4, 0.5) is 5.69 Å². The minimum absolute atomic E-state index is 0.147. The molecule has 0 atom stereocenters. The van der Waals surface area contributed by atoms with Crippen molar-refractivity contribution in [1.82, 2.24) is 0 Å². The molecule has 94 valence electrons. The second-order valence-corrected chi connectivity index (χ2v) is 5.06. The van der Waals surface area contributed by atoms with E-state index in [0.29, 0.717) is 11.6 Å². The summed E-state index contributed by atoms with van der Waals surface area (Å²) in [6.07, 6.45) is 2.04. The Hall–Kier alpha value is -1.32. The number of aromatic hydroxyl groups is 1. The molecule has 0 amide bonds. The molecule has 0 fully saturated rings. The summed E-state index contributed by atoms with van der Waals surface area (Å²) < 4.78 is 0. The summed E-state index contributed by atoms with van der Waals surface area (Å²) in [4.78, 5) is 1.18. The highest BCUT2D eigenvalue weighted by atomic mass is 35.5. The number of benzene rings is 2. The molecule has 0 radical (unpaired) electrons. The third-order valence-corrected chi connectivity index (χ3v) is 3.75. The number of phenolic OH excluding ortho intramolecular Hbond substituents is 1. The van der Waals surface area contributed by atoms with E-state index >= 15 is 0 Å². The van der Waals surface area contributed by atoms with Crippen molar-refractivity contribution >= 4 is 29.1 Å². The van der Waals surface area contributed by atoms with Gasteiger partial charge in [0.15, 0.2) is 0 Å². The van der Waals surface area contributed by atoms with Crippen LogP contribution in [0.15, 0.2) is 47.4 Å². The number of rotatable bonds is 4. The largest absolute Gasteiger partial charge is 0.506 e. The highest BCUT2D eigenvalue weighted by Crippen LogP contribution is 2.29. The van der Waals surface area contributed by atoms with E-state index in [0.717, 1.165) is 11.3 Å². The maximum absolute atomic E-state index is 9.82.